The molecule has 1 unspecified atom stereocenters. The van der Waals surface area contributed by atoms with Crippen LogP contribution in [0.3, 0.4) is 0 Å². The molecule has 0 aliphatic rings. The van der Waals surface area contributed by atoms with E-state index in [2.05, 4.69) is 19.9 Å². The van der Waals surface area contributed by atoms with Crippen LogP contribution in [0.5, 0.6) is 11.5 Å². The van der Waals surface area contributed by atoms with Gasteiger partial charge in [0, 0.05) is 5.56 Å². The minimum atomic E-state index is -0.303. The van der Waals surface area contributed by atoms with E-state index >= 15 is 0 Å². The Bertz CT molecular complexity index is 583. The van der Waals surface area contributed by atoms with Gasteiger partial charge in [0.05, 0.1) is 5.88 Å². The zero-order valence-electron chi connectivity index (χ0n) is 11.7. The summed E-state index contributed by atoms with van der Waals surface area (Å²) < 4.78 is 19.2. The van der Waals surface area contributed by atoms with Crippen LogP contribution in [-0.2, 0) is 5.88 Å². The zero-order valence-corrected chi connectivity index (χ0v) is 12.5. The van der Waals surface area contributed by atoms with Crippen LogP contribution in [0.15, 0.2) is 42.5 Å². The largest absolute Gasteiger partial charge is 0.457 e. The zero-order chi connectivity index (χ0) is 14.5. The molecule has 106 valence electrons. The first kappa shape index (κ1) is 14.9. The Labute approximate surface area is 124 Å². The van der Waals surface area contributed by atoms with Gasteiger partial charge in [-0.3, -0.25) is 0 Å². The average molecular weight is 293 g/mol. The third kappa shape index (κ3) is 3.31. The predicted molar refractivity (Wildman–Crippen MR) is 81.2 cm³/mol. The Balaban J connectivity index is 2.35. The Morgan fingerprint density at radius 1 is 1.15 bits per heavy atom. The highest BCUT2D eigenvalue weighted by Gasteiger charge is 2.12. The van der Waals surface area contributed by atoms with Gasteiger partial charge in [-0.2, -0.15) is 0 Å². The van der Waals surface area contributed by atoms with E-state index in [1.165, 1.54) is 12.1 Å². The molecule has 2 aromatic rings. The minimum absolute atomic E-state index is 0.221. The molecule has 0 heterocycles. The number of alkyl halides is 1. The second-order valence-electron chi connectivity index (χ2n) is 4.83. The van der Waals surface area contributed by atoms with Crippen LogP contribution in [0, 0.1) is 5.82 Å². The fourth-order valence-corrected chi connectivity index (χ4v) is 2.28. The maximum atomic E-state index is 13.2. The van der Waals surface area contributed by atoms with Crippen molar-refractivity contribution < 1.29 is 9.13 Å². The third-order valence-electron chi connectivity index (χ3n) is 3.45. The molecule has 0 saturated heterocycles. The van der Waals surface area contributed by atoms with Crippen LogP contribution >= 0.6 is 11.6 Å². The standard InChI is InChI=1S/C17H18ClFO/c1-3-12(2)15-6-4-5-7-17(15)20-16-9-8-14(19)10-13(16)11-18/h4-10,12H,3,11H2,1-2H3. The normalized spacial score (nSPS) is 12.2. The first-order valence-corrected chi connectivity index (χ1v) is 7.30. The van der Waals surface area contributed by atoms with Crippen molar-refractivity contribution in [2.24, 2.45) is 0 Å². The van der Waals surface area contributed by atoms with E-state index < -0.39 is 0 Å². The van der Waals surface area contributed by atoms with Crippen molar-refractivity contribution >= 4 is 11.6 Å². The molecule has 0 amide bonds. The van der Waals surface area contributed by atoms with Crippen molar-refractivity contribution in [1.82, 2.24) is 0 Å². The molecule has 0 spiro atoms. The highest BCUT2D eigenvalue weighted by atomic mass is 35.5. The maximum absolute atomic E-state index is 13.2. The van der Waals surface area contributed by atoms with Crippen LogP contribution in [0.2, 0.25) is 0 Å². The van der Waals surface area contributed by atoms with E-state index in [0.717, 1.165) is 17.7 Å². The predicted octanol–water partition coefficient (Wildman–Crippen LogP) is 5.87. The monoisotopic (exact) mass is 292 g/mol. The lowest BCUT2D eigenvalue weighted by Gasteiger charge is -2.16. The van der Waals surface area contributed by atoms with Crippen LogP contribution in [0.25, 0.3) is 0 Å². The van der Waals surface area contributed by atoms with E-state index in [1.54, 1.807) is 6.07 Å². The van der Waals surface area contributed by atoms with E-state index in [9.17, 15) is 4.39 Å². The lowest BCUT2D eigenvalue weighted by Crippen LogP contribution is -1.97. The average Bonchev–Trinajstić information content (AvgIpc) is 2.48. The number of benzene rings is 2. The van der Waals surface area contributed by atoms with Gasteiger partial charge in [-0.25, -0.2) is 4.39 Å². The summed E-state index contributed by atoms with van der Waals surface area (Å²) >= 11 is 5.85. The van der Waals surface area contributed by atoms with Crippen LogP contribution < -0.4 is 4.74 Å². The molecule has 0 N–H and O–H groups in total. The summed E-state index contributed by atoms with van der Waals surface area (Å²) in [5, 5.41) is 0. The Hall–Kier alpha value is -1.54. The van der Waals surface area contributed by atoms with Crippen molar-refractivity contribution in [1.29, 1.82) is 0 Å². The Morgan fingerprint density at radius 3 is 2.60 bits per heavy atom. The number of hydrogen-bond acceptors (Lipinski definition) is 1. The van der Waals surface area contributed by atoms with Crippen molar-refractivity contribution in [3.63, 3.8) is 0 Å². The lowest BCUT2D eigenvalue weighted by molar-refractivity contribution is 0.464. The molecule has 0 fully saturated rings. The highest BCUT2D eigenvalue weighted by molar-refractivity contribution is 6.17. The van der Waals surface area contributed by atoms with Crippen molar-refractivity contribution in [3.8, 4) is 11.5 Å². The highest BCUT2D eigenvalue weighted by Crippen LogP contribution is 2.34. The minimum Gasteiger partial charge on any atom is -0.457 e. The van der Waals surface area contributed by atoms with Crippen LogP contribution in [-0.4, -0.2) is 0 Å². The fourth-order valence-electron chi connectivity index (χ4n) is 2.07. The van der Waals surface area contributed by atoms with Gasteiger partial charge in [0.1, 0.15) is 17.3 Å². The summed E-state index contributed by atoms with van der Waals surface area (Å²) in [6.45, 7) is 4.30. The number of hydrogen-bond donors (Lipinski definition) is 0. The van der Waals surface area contributed by atoms with Gasteiger partial charge in [-0.1, -0.05) is 32.0 Å². The second kappa shape index (κ2) is 6.76. The van der Waals surface area contributed by atoms with Crippen molar-refractivity contribution in [2.75, 3.05) is 0 Å². The molecule has 3 heteroatoms. The molecule has 0 aliphatic heterocycles. The SMILES string of the molecule is CCC(C)c1ccccc1Oc1ccc(F)cc1CCl. The van der Waals surface area contributed by atoms with Gasteiger partial charge in [0.25, 0.3) is 0 Å². The van der Waals surface area contributed by atoms with Gasteiger partial charge >= 0.3 is 0 Å². The maximum Gasteiger partial charge on any atom is 0.132 e. The van der Waals surface area contributed by atoms with E-state index in [-0.39, 0.29) is 11.7 Å². The van der Waals surface area contributed by atoms with E-state index in [4.69, 9.17) is 16.3 Å². The quantitative estimate of drug-likeness (QED) is 0.626. The van der Waals surface area contributed by atoms with Crippen LogP contribution in [0.4, 0.5) is 4.39 Å². The van der Waals surface area contributed by atoms with Gasteiger partial charge in [-0.05, 0) is 42.2 Å². The molecule has 1 atom stereocenters. The summed E-state index contributed by atoms with van der Waals surface area (Å²) in [7, 11) is 0. The number of rotatable bonds is 5. The smallest absolute Gasteiger partial charge is 0.132 e. The van der Waals surface area contributed by atoms with Crippen molar-refractivity contribution in [3.05, 3.63) is 59.4 Å². The first-order chi connectivity index (χ1) is 9.65. The van der Waals surface area contributed by atoms with Crippen LogP contribution in [0.1, 0.15) is 37.3 Å². The molecule has 2 aromatic carbocycles. The molecule has 0 saturated carbocycles. The Morgan fingerprint density at radius 2 is 1.90 bits per heavy atom. The van der Waals surface area contributed by atoms with Gasteiger partial charge in [0.2, 0.25) is 0 Å². The topological polar surface area (TPSA) is 9.23 Å². The third-order valence-corrected chi connectivity index (χ3v) is 3.74. The number of halogens is 2. The lowest BCUT2D eigenvalue weighted by atomic mass is 9.98. The second-order valence-corrected chi connectivity index (χ2v) is 5.10. The van der Waals surface area contributed by atoms with Gasteiger partial charge in [-0.15, -0.1) is 11.6 Å². The van der Waals surface area contributed by atoms with Gasteiger partial charge < -0.3 is 4.74 Å². The summed E-state index contributed by atoms with van der Waals surface area (Å²) in [4.78, 5) is 0. The van der Waals surface area contributed by atoms with E-state index in [1.807, 2.05) is 18.2 Å². The van der Waals surface area contributed by atoms with E-state index in [0.29, 0.717) is 17.2 Å². The molecule has 2 rings (SSSR count). The first-order valence-electron chi connectivity index (χ1n) is 6.76. The summed E-state index contributed by atoms with van der Waals surface area (Å²) in [5.74, 6) is 1.74. The molecule has 0 radical (unpaired) electrons. The Kier molecular flexibility index (Phi) is 5.02. The number of ether oxygens (including phenoxy) is 1. The summed E-state index contributed by atoms with van der Waals surface area (Å²) in [5.41, 5.74) is 1.81. The molecule has 0 bridgehead atoms. The molecular weight excluding hydrogens is 275 g/mol. The van der Waals surface area contributed by atoms with Crippen molar-refractivity contribution in [2.45, 2.75) is 32.1 Å². The molecule has 0 aliphatic carbocycles. The molecule has 1 nitrogen and oxygen atoms in total. The molecule has 0 aromatic heterocycles. The molecule has 20 heavy (non-hydrogen) atoms. The number of para-hydroxylation sites is 1. The summed E-state index contributed by atoms with van der Waals surface area (Å²) in [6, 6.07) is 12.4. The molecular formula is C17H18ClFO. The fraction of sp³-hybridized carbons (Fsp3) is 0.294. The summed E-state index contributed by atoms with van der Waals surface area (Å²) in [6.07, 6.45) is 1.03. The van der Waals surface area contributed by atoms with Gasteiger partial charge in [0.15, 0.2) is 0 Å².